The van der Waals surface area contributed by atoms with E-state index in [4.69, 9.17) is 0 Å². The number of hydrogen-bond donors (Lipinski definition) is 0. The first-order valence-electron chi connectivity index (χ1n) is 7.61. The third-order valence-electron chi connectivity index (χ3n) is 3.05. The SMILES string of the molecule is PCCN=Cc1ccccn1.[CH3-].[Co].c1ccc(-c2ccccc2)cc1. The molecule has 0 aliphatic carbocycles. The summed E-state index contributed by atoms with van der Waals surface area (Å²) in [5.74, 6) is 0. The Hall–Kier alpha value is -1.80. The van der Waals surface area contributed by atoms with Crippen molar-refractivity contribution in [2.45, 2.75) is 0 Å². The third-order valence-corrected chi connectivity index (χ3v) is 3.31. The van der Waals surface area contributed by atoms with Crippen molar-refractivity contribution < 1.29 is 16.8 Å². The molecule has 0 saturated heterocycles. The number of aliphatic imine (C=N–C) groups is 1. The van der Waals surface area contributed by atoms with Gasteiger partial charge in [-0.1, -0.05) is 66.7 Å². The fraction of sp³-hybridized carbons (Fsp3) is 0.0952. The van der Waals surface area contributed by atoms with E-state index in [2.05, 4.69) is 67.7 Å². The quantitative estimate of drug-likeness (QED) is 0.340. The Kier molecular flexibility index (Phi) is 13.5. The number of pyridine rings is 1. The average molecular weight is 394 g/mol. The molecular formula is C21H24CoN2P-. The summed E-state index contributed by atoms with van der Waals surface area (Å²) in [7, 11) is 2.63. The van der Waals surface area contributed by atoms with E-state index in [0.717, 1.165) is 18.4 Å². The van der Waals surface area contributed by atoms with Crippen LogP contribution in [0.4, 0.5) is 0 Å². The van der Waals surface area contributed by atoms with Crippen LogP contribution in [0.15, 0.2) is 90.1 Å². The molecule has 0 aliphatic heterocycles. The first-order valence-corrected chi connectivity index (χ1v) is 8.43. The van der Waals surface area contributed by atoms with Gasteiger partial charge in [-0.15, -0.1) is 9.24 Å². The molecule has 1 atom stereocenters. The molecule has 0 fully saturated rings. The zero-order valence-electron chi connectivity index (χ0n) is 14.4. The molecule has 0 N–H and O–H groups in total. The molecule has 0 bridgehead atoms. The third kappa shape index (κ3) is 9.30. The van der Waals surface area contributed by atoms with Crippen LogP contribution in [0, 0.1) is 7.43 Å². The van der Waals surface area contributed by atoms with Gasteiger partial charge in [-0.05, 0) is 29.4 Å². The molecule has 3 aromatic rings. The summed E-state index contributed by atoms with van der Waals surface area (Å²) in [5.41, 5.74) is 3.47. The predicted octanol–water partition coefficient (Wildman–Crippen LogP) is 5.18. The Labute approximate surface area is 164 Å². The number of rotatable bonds is 4. The summed E-state index contributed by atoms with van der Waals surface area (Å²) in [6.07, 6.45) is 4.56. The summed E-state index contributed by atoms with van der Waals surface area (Å²) >= 11 is 0. The molecule has 0 amide bonds. The first-order chi connectivity index (χ1) is 11.4. The molecule has 0 aliphatic rings. The van der Waals surface area contributed by atoms with Crippen LogP contribution in [0.1, 0.15) is 5.69 Å². The van der Waals surface area contributed by atoms with Gasteiger partial charge < -0.3 is 7.43 Å². The van der Waals surface area contributed by atoms with E-state index in [1.807, 2.05) is 30.3 Å². The maximum absolute atomic E-state index is 4.15. The van der Waals surface area contributed by atoms with Gasteiger partial charge in [0, 0.05) is 35.7 Å². The minimum Gasteiger partial charge on any atom is -0.358 e. The molecule has 2 aromatic carbocycles. The van der Waals surface area contributed by atoms with Crippen LogP contribution < -0.4 is 0 Å². The normalized spacial score (nSPS) is 9.32. The van der Waals surface area contributed by atoms with Gasteiger partial charge in [0.2, 0.25) is 0 Å². The number of benzene rings is 2. The fourth-order valence-electron chi connectivity index (χ4n) is 1.95. The zero-order chi connectivity index (χ0) is 16.2. The Morgan fingerprint density at radius 3 is 1.76 bits per heavy atom. The maximum Gasteiger partial charge on any atom is 0.0807 e. The predicted molar refractivity (Wildman–Crippen MR) is 110 cm³/mol. The molecule has 4 heteroatoms. The summed E-state index contributed by atoms with van der Waals surface area (Å²) < 4.78 is 0. The van der Waals surface area contributed by atoms with Gasteiger partial charge in [0.25, 0.3) is 0 Å². The van der Waals surface area contributed by atoms with Crippen molar-refractivity contribution in [2.24, 2.45) is 4.99 Å². The van der Waals surface area contributed by atoms with E-state index in [1.165, 1.54) is 11.1 Å². The van der Waals surface area contributed by atoms with E-state index in [9.17, 15) is 0 Å². The zero-order valence-corrected chi connectivity index (χ0v) is 16.6. The Morgan fingerprint density at radius 1 is 0.800 bits per heavy atom. The standard InChI is InChI=1S/C12H10.C8H11N2P.CH3.Co/c1-3-7-11(8-4-1)12-9-5-2-6-10-12;11-6-5-9-7-8-3-1-2-4-10-8;;/h1-10H;1-4,7H,5-6,11H2;1H3;/q;;-1;. The number of hydrogen-bond acceptors (Lipinski definition) is 2. The Balaban J connectivity index is 0.000000429. The van der Waals surface area contributed by atoms with Crippen molar-refractivity contribution in [2.75, 3.05) is 12.7 Å². The topological polar surface area (TPSA) is 25.2 Å². The molecule has 3 rings (SSSR count). The van der Waals surface area contributed by atoms with Crippen molar-refractivity contribution >= 4 is 15.5 Å². The van der Waals surface area contributed by atoms with Crippen LogP contribution in [0.3, 0.4) is 0 Å². The van der Waals surface area contributed by atoms with Gasteiger partial charge in [-0.25, -0.2) is 0 Å². The summed E-state index contributed by atoms with van der Waals surface area (Å²) in [6.45, 7) is 0.848. The molecule has 0 saturated carbocycles. The van der Waals surface area contributed by atoms with Crippen LogP contribution >= 0.6 is 9.24 Å². The van der Waals surface area contributed by atoms with E-state index in [-0.39, 0.29) is 24.2 Å². The van der Waals surface area contributed by atoms with Crippen LogP contribution in [0.25, 0.3) is 11.1 Å². The molecule has 0 spiro atoms. The smallest absolute Gasteiger partial charge is 0.0807 e. The van der Waals surface area contributed by atoms with Crippen LogP contribution in [0.5, 0.6) is 0 Å². The van der Waals surface area contributed by atoms with Gasteiger partial charge in [-0.3, -0.25) is 9.98 Å². The van der Waals surface area contributed by atoms with Gasteiger partial charge in [0.1, 0.15) is 0 Å². The van der Waals surface area contributed by atoms with Crippen molar-refractivity contribution in [3.05, 3.63) is 98.2 Å². The molecule has 1 radical (unpaired) electrons. The average Bonchev–Trinajstić information content (AvgIpc) is 2.65. The molecule has 2 nitrogen and oxygen atoms in total. The van der Waals surface area contributed by atoms with Gasteiger partial charge >= 0.3 is 0 Å². The largest absolute Gasteiger partial charge is 0.358 e. The summed E-state index contributed by atoms with van der Waals surface area (Å²) in [4.78, 5) is 8.25. The second kappa shape index (κ2) is 14.5. The summed E-state index contributed by atoms with van der Waals surface area (Å²) in [6, 6.07) is 26.6. The molecule has 133 valence electrons. The second-order valence-electron chi connectivity index (χ2n) is 4.81. The molecule has 25 heavy (non-hydrogen) atoms. The Morgan fingerprint density at radius 2 is 1.32 bits per heavy atom. The first kappa shape index (κ1) is 23.2. The van der Waals surface area contributed by atoms with Crippen molar-refractivity contribution in [1.82, 2.24) is 4.98 Å². The van der Waals surface area contributed by atoms with Gasteiger partial charge in [-0.2, -0.15) is 0 Å². The van der Waals surface area contributed by atoms with Crippen molar-refractivity contribution in [3.63, 3.8) is 0 Å². The number of aromatic nitrogens is 1. The fourth-order valence-corrected chi connectivity index (χ4v) is 2.10. The van der Waals surface area contributed by atoms with Gasteiger partial charge in [0.15, 0.2) is 0 Å². The molecular weight excluding hydrogens is 370 g/mol. The van der Waals surface area contributed by atoms with Crippen molar-refractivity contribution in [1.29, 1.82) is 0 Å². The van der Waals surface area contributed by atoms with Crippen LogP contribution in [-0.2, 0) is 16.8 Å². The second-order valence-corrected chi connectivity index (χ2v) is 5.39. The summed E-state index contributed by atoms with van der Waals surface area (Å²) in [5, 5.41) is 0. The number of nitrogens with zero attached hydrogens (tertiary/aromatic N) is 2. The Bertz CT molecular complexity index is 651. The molecule has 1 heterocycles. The van der Waals surface area contributed by atoms with E-state index in [0.29, 0.717) is 0 Å². The minimum absolute atomic E-state index is 0. The van der Waals surface area contributed by atoms with Crippen molar-refractivity contribution in [3.8, 4) is 11.1 Å². The molecule has 1 unspecified atom stereocenters. The van der Waals surface area contributed by atoms with Gasteiger partial charge in [0.05, 0.1) is 5.69 Å². The monoisotopic (exact) mass is 394 g/mol. The minimum atomic E-state index is 0. The van der Waals surface area contributed by atoms with Crippen LogP contribution in [-0.4, -0.2) is 23.9 Å². The van der Waals surface area contributed by atoms with E-state index in [1.54, 1.807) is 12.4 Å². The maximum atomic E-state index is 4.15. The van der Waals surface area contributed by atoms with Crippen LogP contribution in [0.2, 0.25) is 0 Å². The van der Waals surface area contributed by atoms with E-state index >= 15 is 0 Å². The van der Waals surface area contributed by atoms with E-state index < -0.39 is 0 Å². The molecule has 1 aromatic heterocycles.